The number of nitrogens with two attached hydrogens (primary N) is 1. The number of carbonyl (C=O) groups excluding carboxylic acids is 1. The van der Waals surface area contributed by atoms with Crippen LogP contribution in [-0.2, 0) is 6.54 Å². The number of nitrogens with zero attached hydrogens (tertiary/aromatic N) is 3. The number of nitrogens with one attached hydrogen (secondary N) is 1. The molecule has 1 heterocycles. The van der Waals surface area contributed by atoms with E-state index < -0.39 is 0 Å². The molecule has 0 atom stereocenters. The minimum absolute atomic E-state index is 0.103. The normalized spacial score (nSPS) is 10.5. The summed E-state index contributed by atoms with van der Waals surface area (Å²) in [6, 6.07) is 5.30. The van der Waals surface area contributed by atoms with Crippen molar-refractivity contribution >= 4 is 11.6 Å². The molecule has 0 spiro atoms. The van der Waals surface area contributed by atoms with E-state index in [1.807, 2.05) is 19.9 Å². The average Bonchev–Trinajstić information content (AvgIpc) is 2.77. The zero-order chi connectivity index (χ0) is 14.0. The Morgan fingerprint density at radius 2 is 2.16 bits per heavy atom. The number of anilines is 1. The van der Waals surface area contributed by atoms with Gasteiger partial charge in [-0.05, 0) is 31.5 Å². The fraction of sp³-hybridized carbons (Fsp3) is 0.308. The van der Waals surface area contributed by atoms with Crippen molar-refractivity contribution < 1.29 is 4.79 Å². The van der Waals surface area contributed by atoms with Gasteiger partial charge in [0.05, 0.1) is 6.54 Å². The highest BCUT2D eigenvalue weighted by molar-refractivity contribution is 5.95. The summed E-state index contributed by atoms with van der Waals surface area (Å²) in [4.78, 5) is 18.0. The lowest BCUT2D eigenvalue weighted by Gasteiger charge is -2.15. The van der Waals surface area contributed by atoms with E-state index in [-0.39, 0.29) is 5.91 Å². The summed E-state index contributed by atoms with van der Waals surface area (Å²) in [5.74, 6) is 1.22. The molecule has 1 aromatic carbocycles. The molecule has 100 valence electrons. The van der Waals surface area contributed by atoms with Gasteiger partial charge in [-0.25, -0.2) is 4.98 Å². The third-order valence-corrected chi connectivity index (χ3v) is 2.90. The maximum atomic E-state index is 12.2. The molecule has 1 amide bonds. The summed E-state index contributed by atoms with van der Waals surface area (Å²) in [5.41, 5.74) is 7.96. The summed E-state index contributed by atoms with van der Waals surface area (Å²) < 4.78 is 0. The van der Waals surface area contributed by atoms with E-state index in [2.05, 4.69) is 15.2 Å². The first-order valence-electron chi connectivity index (χ1n) is 5.97. The van der Waals surface area contributed by atoms with Crippen LogP contribution in [0.3, 0.4) is 0 Å². The average molecular weight is 259 g/mol. The molecule has 0 fully saturated rings. The lowest BCUT2D eigenvalue weighted by molar-refractivity contribution is 0.0781. The molecule has 0 aliphatic rings. The zero-order valence-corrected chi connectivity index (χ0v) is 11.3. The number of rotatable bonds is 3. The third-order valence-electron chi connectivity index (χ3n) is 2.90. The van der Waals surface area contributed by atoms with E-state index in [0.29, 0.717) is 23.6 Å². The number of hydrogen-bond donors (Lipinski definition) is 2. The smallest absolute Gasteiger partial charge is 0.254 e. The molecule has 2 aromatic rings. The molecule has 0 aliphatic heterocycles. The predicted molar refractivity (Wildman–Crippen MR) is 72.5 cm³/mol. The molecule has 6 nitrogen and oxygen atoms in total. The summed E-state index contributed by atoms with van der Waals surface area (Å²) >= 11 is 0. The van der Waals surface area contributed by atoms with Gasteiger partial charge in [0.25, 0.3) is 5.91 Å². The van der Waals surface area contributed by atoms with E-state index in [1.54, 1.807) is 24.1 Å². The minimum atomic E-state index is -0.103. The summed E-state index contributed by atoms with van der Waals surface area (Å²) in [6.07, 6.45) is 0. The second kappa shape index (κ2) is 5.09. The number of amides is 1. The van der Waals surface area contributed by atoms with Crippen molar-refractivity contribution in [3.63, 3.8) is 0 Å². The number of H-pyrrole nitrogens is 1. The van der Waals surface area contributed by atoms with E-state index in [9.17, 15) is 4.79 Å². The largest absolute Gasteiger partial charge is 0.398 e. The maximum Gasteiger partial charge on any atom is 0.254 e. The Hall–Kier alpha value is -2.37. The van der Waals surface area contributed by atoms with Gasteiger partial charge in [0.2, 0.25) is 0 Å². The quantitative estimate of drug-likeness (QED) is 0.813. The molecular weight excluding hydrogens is 242 g/mol. The number of hydrogen-bond acceptors (Lipinski definition) is 4. The van der Waals surface area contributed by atoms with Gasteiger partial charge in [0.15, 0.2) is 5.82 Å². The highest BCUT2D eigenvalue weighted by atomic mass is 16.2. The van der Waals surface area contributed by atoms with Crippen molar-refractivity contribution in [2.24, 2.45) is 0 Å². The van der Waals surface area contributed by atoms with Crippen LogP contribution in [0.15, 0.2) is 18.2 Å². The fourth-order valence-corrected chi connectivity index (χ4v) is 1.74. The van der Waals surface area contributed by atoms with Crippen molar-refractivity contribution in [1.82, 2.24) is 20.1 Å². The number of benzene rings is 1. The summed E-state index contributed by atoms with van der Waals surface area (Å²) in [5, 5.41) is 6.76. The van der Waals surface area contributed by atoms with E-state index in [4.69, 9.17) is 5.73 Å². The molecular formula is C13H17N5O. The molecule has 0 saturated carbocycles. The highest BCUT2D eigenvalue weighted by Crippen LogP contribution is 2.14. The molecule has 2 rings (SSSR count). The SMILES string of the molecule is Cc1nc(CN(C)C(=O)c2ccc(C)c(N)c2)n[nH]1. The van der Waals surface area contributed by atoms with Crippen molar-refractivity contribution in [3.05, 3.63) is 41.0 Å². The van der Waals surface area contributed by atoms with Crippen LogP contribution in [0, 0.1) is 13.8 Å². The van der Waals surface area contributed by atoms with Gasteiger partial charge < -0.3 is 10.6 Å². The van der Waals surface area contributed by atoms with Gasteiger partial charge in [-0.1, -0.05) is 6.07 Å². The van der Waals surface area contributed by atoms with Gasteiger partial charge >= 0.3 is 0 Å². The summed E-state index contributed by atoms with van der Waals surface area (Å²) in [6.45, 7) is 4.08. The Morgan fingerprint density at radius 3 is 2.74 bits per heavy atom. The molecule has 0 unspecified atom stereocenters. The van der Waals surface area contributed by atoms with Gasteiger partial charge in [-0.3, -0.25) is 9.89 Å². The van der Waals surface area contributed by atoms with Crippen LogP contribution < -0.4 is 5.73 Å². The lowest BCUT2D eigenvalue weighted by Crippen LogP contribution is -2.26. The molecule has 6 heteroatoms. The second-order valence-corrected chi connectivity index (χ2v) is 4.57. The Bertz CT molecular complexity index is 605. The van der Waals surface area contributed by atoms with Crippen LogP contribution in [-0.4, -0.2) is 33.0 Å². The topological polar surface area (TPSA) is 87.9 Å². The predicted octanol–water partition coefficient (Wildman–Crippen LogP) is 1.28. The number of aromatic nitrogens is 3. The number of aryl methyl sites for hydroxylation is 2. The second-order valence-electron chi connectivity index (χ2n) is 4.57. The first-order valence-corrected chi connectivity index (χ1v) is 5.97. The molecule has 0 saturated heterocycles. The van der Waals surface area contributed by atoms with Crippen molar-refractivity contribution in [3.8, 4) is 0 Å². The first kappa shape index (κ1) is 13.1. The molecule has 19 heavy (non-hydrogen) atoms. The molecule has 0 bridgehead atoms. The Kier molecular flexibility index (Phi) is 3.50. The van der Waals surface area contributed by atoms with Crippen molar-refractivity contribution in [1.29, 1.82) is 0 Å². The lowest BCUT2D eigenvalue weighted by atomic mass is 10.1. The first-order chi connectivity index (χ1) is 8.97. The minimum Gasteiger partial charge on any atom is -0.398 e. The monoisotopic (exact) mass is 259 g/mol. The molecule has 3 N–H and O–H groups in total. The number of nitrogen functional groups attached to an aromatic ring is 1. The summed E-state index contributed by atoms with van der Waals surface area (Å²) in [7, 11) is 1.71. The zero-order valence-electron chi connectivity index (χ0n) is 11.3. The third kappa shape index (κ3) is 2.90. The van der Waals surface area contributed by atoms with Crippen molar-refractivity contribution in [2.75, 3.05) is 12.8 Å². The van der Waals surface area contributed by atoms with E-state index in [0.717, 1.165) is 11.4 Å². The molecule has 0 radical (unpaired) electrons. The van der Waals surface area contributed by atoms with Crippen LogP contribution in [0.2, 0.25) is 0 Å². The van der Waals surface area contributed by atoms with Crippen LogP contribution >= 0.6 is 0 Å². The van der Waals surface area contributed by atoms with Gasteiger partial charge in [0, 0.05) is 18.3 Å². The Labute approximate surface area is 111 Å². The van der Waals surface area contributed by atoms with Crippen LogP contribution in [0.1, 0.15) is 27.6 Å². The molecule has 1 aromatic heterocycles. The van der Waals surface area contributed by atoms with Crippen molar-refractivity contribution in [2.45, 2.75) is 20.4 Å². The van der Waals surface area contributed by atoms with Crippen LogP contribution in [0.25, 0.3) is 0 Å². The van der Waals surface area contributed by atoms with E-state index >= 15 is 0 Å². The van der Waals surface area contributed by atoms with Crippen LogP contribution in [0.5, 0.6) is 0 Å². The fourth-order valence-electron chi connectivity index (χ4n) is 1.74. The van der Waals surface area contributed by atoms with Gasteiger partial charge in [0.1, 0.15) is 5.82 Å². The standard InChI is InChI=1S/C13H17N5O/c1-8-4-5-10(6-11(8)14)13(19)18(3)7-12-15-9(2)16-17-12/h4-6H,7,14H2,1-3H3,(H,15,16,17). The number of aromatic amines is 1. The Balaban J connectivity index is 2.12. The van der Waals surface area contributed by atoms with Crippen LogP contribution in [0.4, 0.5) is 5.69 Å². The Morgan fingerprint density at radius 1 is 1.42 bits per heavy atom. The van der Waals surface area contributed by atoms with Gasteiger partial charge in [-0.15, -0.1) is 0 Å². The highest BCUT2D eigenvalue weighted by Gasteiger charge is 2.14. The number of carbonyl (C=O) groups is 1. The van der Waals surface area contributed by atoms with Gasteiger partial charge in [-0.2, -0.15) is 5.10 Å². The maximum absolute atomic E-state index is 12.2. The van der Waals surface area contributed by atoms with E-state index in [1.165, 1.54) is 0 Å². The molecule has 0 aliphatic carbocycles.